The summed E-state index contributed by atoms with van der Waals surface area (Å²) in [5, 5.41) is 11.8. The third kappa shape index (κ3) is 5.27. The van der Waals surface area contributed by atoms with Crippen molar-refractivity contribution in [3.63, 3.8) is 0 Å². The Kier molecular flexibility index (Phi) is 5.94. The lowest BCUT2D eigenvalue weighted by Gasteiger charge is -2.18. The summed E-state index contributed by atoms with van der Waals surface area (Å²) in [5.74, 6) is -1.06. The Morgan fingerprint density at radius 3 is 2.65 bits per heavy atom. The zero-order chi connectivity index (χ0) is 16.7. The Morgan fingerprint density at radius 2 is 2.00 bits per heavy atom. The Balaban J connectivity index is 2.01. The molecule has 0 aliphatic rings. The van der Waals surface area contributed by atoms with E-state index in [0.29, 0.717) is 5.56 Å². The van der Waals surface area contributed by atoms with E-state index in [-0.39, 0.29) is 18.1 Å². The lowest BCUT2D eigenvalue weighted by atomic mass is 10.1. The molecule has 7 heteroatoms. The van der Waals surface area contributed by atoms with Crippen molar-refractivity contribution in [2.24, 2.45) is 0 Å². The highest BCUT2D eigenvalue weighted by Crippen LogP contribution is 2.24. The molecule has 0 aliphatic heterocycles. The fourth-order valence-electron chi connectivity index (χ4n) is 1.99. The maximum Gasteiger partial charge on any atom is 0.407 e. The third-order valence-corrected chi connectivity index (χ3v) is 3.38. The van der Waals surface area contributed by atoms with E-state index < -0.39 is 18.1 Å². The van der Waals surface area contributed by atoms with Crippen LogP contribution in [0.25, 0.3) is 0 Å². The van der Waals surface area contributed by atoms with Crippen LogP contribution in [0, 0.1) is 0 Å². The van der Waals surface area contributed by atoms with Gasteiger partial charge in [0.2, 0.25) is 0 Å². The topological polar surface area (TPSA) is 88.5 Å². The van der Waals surface area contributed by atoms with E-state index in [2.05, 4.69) is 10.3 Å². The third-order valence-electron chi connectivity index (χ3n) is 3.06. The molecule has 0 fully saturated rings. The minimum atomic E-state index is -1.06. The minimum Gasteiger partial charge on any atom is -0.481 e. The SMILES string of the molecule is O=C(O)C[C@H](NC(=O)OCc1ccccc1)c1ccncc1Cl. The highest BCUT2D eigenvalue weighted by atomic mass is 35.5. The number of halogens is 1. The van der Waals surface area contributed by atoms with E-state index in [1.807, 2.05) is 30.3 Å². The summed E-state index contributed by atoms with van der Waals surface area (Å²) in [6.45, 7) is 0.0938. The number of carboxylic acids is 1. The number of rotatable bonds is 6. The van der Waals surface area contributed by atoms with Crippen molar-refractivity contribution in [3.8, 4) is 0 Å². The van der Waals surface area contributed by atoms with Gasteiger partial charge in [0.05, 0.1) is 17.5 Å². The van der Waals surface area contributed by atoms with Crippen LogP contribution in [0.15, 0.2) is 48.8 Å². The number of benzene rings is 1. The predicted octanol–water partition coefficient (Wildman–Crippen LogP) is 3.18. The average Bonchev–Trinajstić information content (AvgIpc) is 2.53. The van der Waals surface area contributed by atoms with Gasteiger partial charge in [0, 0.05) is 12.4 Å². The van der Waals surface area contributed by atoms with Crippen LogP contribution < -0.4 is 5.32 Å². The Morgan fingerprint density at radius 1 is 1.26 bits per heavy atom. The molecule has 2 N–H and O–H groups in total. The van der Waals surface area contributed by atoms with Gasteiger partial charge in [-0.25, -0.2) is 4.79 Å². The van der Waals surface area contributed by atoms with Gasteiger partial charge < -0.3 is 15.2 Å². The highest BCUT2D eigenvalue weighted by molar-refractivity contribution is 6.31. The number of ether oxygens (including phenoxy) is 1. The lowest BCUT2D eigenvalue weighted by Crippen LogP contribution is -2.30. The molecule has 2 aromatic rings. The van der Waals surface area contributed by atoms with E-state index in [4.69, 9.17) is 21.4 Å². The van der Waals surface area contributed by atoms with Crippen LogP contribution in [-0.2, 0) is 16.1 Å². The van der Waals surface area contributed by atoms with Crippen molar-refractivity contribution in [2.45, 2.75) is 19.1 Å². The number of carbonyl (C=O) groups is 2. The maximum atomic E-state index is 11.9. The number of carbonyl (C=O) groups excluding carboxylic acids is 1. The molecule has 1 atom stereocenters. The molecular weight excluding hydrogens is 320 g/mol. The second kappa shape index (κ2) is 8.14. The first-order chi connectivity index (χ1) is 11.1. The van der Waals surface area contributed by atoms with Gasteiger partial charge in [-0.1, -0.05) is 41.9 Å². The Bertz CT molecular complexity index is 679. The summed E-state index contributed by atoms with van der Waals surface area (Å²) >= 11 is 6.01. The number of aromatic nitrogens is 1. The van der Waals surface area contributed by atoms with Gasteiger partial charge in [0.15, 0.2) is 0 Å². The molecule has 1 aromatic heterocycles. The van der Waals surface area contributed by atoms with Gasteiger partial charge in [-0.15, -0.1) is 0 Å². The molecule has 0 saturated heterocycles. The van der Waals surface area contributed by atoms with Crippen molar-refractivity contribution in [2.75, 3.05) is 0 Å². The van der Waals surface area contributed by atoms with Crippen LogP contribution in [0.3, 0.4) is 0 Å². The first kappa shape index (κ1) is 16.8. The largest absolute Gasteiger partial charge is 0.481 e. The molecule has 0 bridgehead atoms. The van der Waals surface area contributed by atoms with E-state index in [0.717, 1.165) is 5.56 Å². The molecule has 1 amide bonds. The molecule has 120 valence electrons. The molecule has 0 spiro atoms. The molecule has 23 heavy (non-hydrogen) atoms. The van der Waals surface area contributed by atoms with Gasteiger partial charge in [0.25, 0.3) is 0 Å². The first-order valence-electron chi connectivity index (χ1n) is 6.84. The van der Waals surface area contributed by atoms with Crippen LogP contribution >= 0.6 is 11.6 Å². The molecular formula is C16H15ClN2O4. The summed E-state index contributed by atoms with van der Waals surface area (Å²) in [7, 11) is 0. The Hall–Kier alpha value is -2.60. The van der Waals surface area contributed by atoms with Crippen molar-refractivity contribution in [3.05, 3.63) is 64.9 Å². The lowest BCUT2D eigenvalue weighted by molar-refractivity contribution is -0.137. The number of amides is 1. The van der Waals surface area contributed by atoms with Crippen LogP contribution in [-0.4, -0.2) is 22.2 Å². The van der Waals surface area contributed by atoms with Crippen molar-refractivity contribution in [1.29, 1.82) is 0 Å². The zero-order valence-electron chi connectivity index (χ0n) is 12.1. The number of aliphatic carboxylic acids is 1. The summed E-state index contributed by atoms with van der Waals surface area (Å²) in [6, 6.07) is 9.93. The minimum absolute atomic E-state index is 0.0938. The van der Waals surface area contributed by atoms with Crippen LogP contribution in [0.1, 0.15) is 23.6 Å². The maximum absolute atomic E-state index is 11.9. The molecule has 1 aromatic carbocycles. The molecule has 0 aliphatic carbocycles. The number of hydrogen-bond acceptors (Lipinski definition) is 4. The number of nitrogens with one attached hydrogen (secondary N) is 1. The molecule has 6 nitrogen and oxygen atoms in total. The van der Waals surface area contributed by atoms with Gasteiger partial charge in [-0.3, -0.25) is 9.78 Å². The summed E-state index contributed by atoms with van der Waals surface area (Å²) in [4.78, 5) is 26.8. The number of nitrogens with zero attached hydrogens (tertiary/aromatic N) is 1. The number of pyridine rings is 1. The van der Waals surface area contributed by atoms with E-state index >= 15 is 0 Å². The van der Waals surface area contributed by atoms with Crippen LogP contribution in [0.2, 0.25) is 5.02 Å². The molecule has 0 radical (unpaired) electrons. The second-order valence-corrected chi connectivity index (χ2v) is 5.16. The average molecular weight is 335 g/mol. The smallest absolute Gasteiger partial charge is 0.407 e. The fraction of sp³-hybridized carbons (Fsp3) is 0.188. The standard InChI is InChI=1S/C16H15ClN2O4/c17-13-9-18-7-6-12(13)14(8-15(20)21)19-16(22)23-10-11-4-2-1-3-5-11/h1-7,9,14H,8,10H2,(H,19,22)(H,20,21)/t14-/m0/s1. The molecule has 2 rings (SSSR count). The quantitative estimate of drug-likeness (QED) is 0.847. The van der Waals surface area contributed by atoms with Crippen LogP contribution in [0.5, 0.6) is 0 Å². The monoisotopic (exact) mass is 334 g/mol. The number of hydrogen-bond donors (Lipinski definition) is 2. The predicted molar refractivity (Wildman–Crippen MR) is 84.0 cm³/mol. The van der Waals surface area contributed by atoms with Crippen LogP contribution in [0.4, 0.5) is 4.79 Å². The van der Waals surface area contributed by atoms with Crippen molar-refractivity contribution < 1.29 is 19.4 Å². The van der Waals surface area contributed by atoms with Gasteiger partial charge in [0.1, 0.15) is 6.61 Å². The summed E-state index contributed by atoms with van der Waals surface area (Å²) in [6.07, 6.45) is 1.84. The molecule has 0 saturated carbocycles. The van der Waals surface area contributed by atoms with Gasteiger partial charge in [-0.2, -0.15) is 0 Å². The van der Waals surface area contributed by atoms with E-state index in [9.17, 15) is 9.59 Å². The van der Waals surface area contributed by atoms with Crippen molar-refractivity contribution in [1.82, 2.24) is 10.3 Å². The number of carboxylic acid groups (broad SMARTS) is 1. The van der Waals surface area contributed by atoms with E-state index in [1.165, 1.54) is 12.4 Å². The first-order valence-corrected chi connectivity index (χ1v) is 7.22. The number of alkyl carbamates (subject to hydrolysis) is 1. The van der Waals surface area contributed by atoms with Gasteiger partial charge >= 0.3 is 12.1 Å². The molecule has 1 heterocycles. The zero-order valence-corrected chi connectivity index (χ0v) is 12.9. The second-order valence-electron chi connectivity index (χ2n) is 4.75. The van der Waals surface area contributed by atoms with Gasteiger partial charge in [-0.05, 0) is 17.2 Å². The highest BCUT2D eigenvalue weighted by Gasteiger charge is 2.21. The normalized spacial score (nSPS) is 11.5. The molecule has 0 unspecified atom stereocenters. The van der Waals surface area contributed by atoms with Crippen molar-refractivity contribution >= 4 is 23.7 Å². The van der Waals surface area contributed by atoms with E-state index in [1.54, 1.807) is 6.07 Å². The fourth-order valence-corrected chi connectivity index (χ4v) is 2.24. The Labute approximate surface area is 138 Å². The summed E-state index contributed by atoms with van der Waals surface area (Å²) < 4.78 is 5.10. The summed E-state index contributed by atoms with van der Waals surface area (Å²) in [5.41, 5.74) is 1.31.